The molecule has 1 aromatic heterocycles. The van der Waals surface area contributed by atoms with E-state index in [1.165, 1.54) is 0 Å². The highest BCUT2D eigenvalue weighted by Gasteiger charge is 2.20. The first-order valence-corrected chi connectivity index (χ1v) is 6.37. The summed E-state index contributed by atoms with van der Waals surface area (Å²) >= 11 is 3.30. The van der Waals surface area contributed by atoms with Crippen molar-refractivity contribution in [3.8, 4) is 0 Å². The van der Waals surface area contributed by atoms with Crippen molar-refractivity contribution in [2.75, 3.05) is 18.4 Å². The molecule has 1 aliphatic rings. The lowest BCUT2D eigenvalue weighted by molar-refractivity contribution is 0.193. The molecule has 5 nitrogen and oxygen atoms in total. The van der Waals surface area contributed by atoms with Gasteiger partial charge in [0.05, 0.1) is 11.9 Å². The van der Waals surface area contributed by atoms with Crippen LogP contribution in [0.2, 0.25) is 0 Å². The fraction of sp³-hybridized carbons (Fsp3) is 0.455. The number of nitrogens with zero attached hydrogens (tertiary/aromatic N) is 2. The third-order valence-electron chi connectivity index (χ3n) is 2.90. The van der Waals surface area contributed by atoms with Crippen LogP contribution in [0, 0.1) is 0 Å². The number of piperidine rings is 1. The van der Waals surface area contributed by atoms with Gasteiger partial charge in [0.2, 0.25) is 0 Å². The molecule has 92 valence electrons. The lowest BCUT2D eigenvalue weighted by Gasteiger charge is -2.31. The summed E-state index contributed by atoms with van der Waals surface area (Å²) in [6, 6.07) is 3.95. The number of halogens is 1. The van der Waals surface area contributed by atoms with E-state index in [-0.39, 0.29) is 6.03 Å². The molecule has 1 fully saturated rings. The molecule has 0 radical (unpaired) electrons. The Balaban J connectivity index is 1.85. The molecule has 0 aliphatic carbocycles. The highest BCUT2D eigenvalue weighted by Crippen LogP contribution is 2.17. The molecule has 1 aliphatic heterocycles. The van der Waals surface area contributed by atoms with Gasteiger partial charge in [0, 0.05) is 19.1 Å². The number of likely N-dealkylation sites (tertiary alicyclic amines) is 1. The molecule has 0 spiro atoms. The van der Waals surface area contributed by atoms with E-state index in [0.29, 0.717) is 6.04 Å². The summed E-state index contributed by atoms with van der Waals surface area (Å²) in [5.41, 5.74) is 6.24. The fourth-order valence-corrected chi connectivity index (χ4v) is 2.18. The highest BCUT2D eigenvalue weighted by molar-refractivity contribution is 9.10. The van der Waals surface area contributed by atoms with Crippen LogP contribution in [0.5, 0.6) is 0 Å². The van der Waals surface area contributed by atoms with Crippen LogP contribution in [0.4, 0.5) is 10.5 Å². The van der Waals surface area contributed by atoms with Crippen LogP contribution in [0.1, 0.15) is 12.8 Å². The summed E-state index contributed by atoms with van der Waals surface area (Å²) in [5, 5.41) is 3.41. The first-order chi connectivity index (χ1) is 8.15. The van der Waals surface area contributed by atoms with Gasteiger partial charge in [-0.25, -0.2) is 9.78 Å². The van der Waals surface area contributed by atoms with Crippen molar-refractivity contribution in [1.29, 1.82) is 0 Å². The van der Waals surface area contributed by atoms with Crippen molar-refractivity contribution in [2.24, 2.45) is 5.73 Å². The topological polar surface area (TPSA) is 71.2 Å². The van der Waals surface area contributed by atoms with E-state index in [0.717, 1.165) is 36.2 Å². The molecule has 0 aromatic carbocycles. The fourth-order valence-electron chi connectivity index (χ4n) is 1.94. The SMILES string of the molecule is NC(=O)N1CCC(Nc2ccc(Br)nc2)CC1. The third-order valence-corrected chi connectivity index (χ3v) is 3.37. The largest absolute Gasteiger partial charge is 0.381 e. The smallest absolute Gasteiger partial charge is 0.314 e. The molecule has 2 heterocycles. The third kappa shape index (κ3) is 3.33. The second kappa shape index (κ2) is 5.35. The summed E-state index contributed by atoms with van der Waals surface area (Å²) in [6.07, 6.45) is 3.63. The highest BCUT2D eigenvalue weighted by atomic mass is 79.9. The second-order valence-corrected chi connectivity index (χ2v) is 4.93. The van der Waals surface area contributed by atoms with Crippen LogP contribution < -0.4 is 11.1 Å². The van der Waals surface area contributed by atoms with Gasteiger partial charge in [0.15, 0.2) is 0 Å². The molecule has 3 N–H and O–H groups in total. The summed E-state index contributed by atoms with van der Waals surface area (Å²) in [7, 11) is 0. The number of hydrogen-bond acceptors (Lipinski definition) is 3. The number of primary amides is 1. The minimum atomic E-state index is -0.325. The number of carbonyl (C=O) groups excluding carboxylic acids is 1. The minimum Gasteiger partial charge on any atom is -0.381 e. The maximum absolute atomic E-state index is 11.0. The summed E-state index contributed by atoms with van der Waals surface area (Å²) in [4.78, 5) is 16.8. The Morgan fingerprint density at radius 1 is 1.47 bits per heavy atom. The molecule has 1 saturated heterocycles. The van der Waals surface area contributed by atoms with E-state index in [4.69, 9.17) is 5.73 Å². The number of anilines is 1. The molecule has 0 saturated carbocycles. The lowest BCUT2D eigenvalue weighted by Crippen LogP contribution is -2.44. The van der Waals surface area contributed by atoms with Crippen LogP contribution in [0.25, 0.3) is 0 Å². The monoisotopic (exact) mass is 298 g/mol. The molecule has 6 heteroatoms. The first-order valence-electron chi connectivity index (χ1n) is 5.57. The Hall–Kier alpha value is -1.30. The van der Waals surface area contributed by atoms with Gasteiger partial charge >= 0.3 is 6.03 Å². The van der Waals surface area contributed by atoms with Crippen molar-refractivity contribution >= 4 is 27.6 Å². The lowest BCUT2D eigenvalue weighted by atomic mass is 10.1. The van der Waals surface area contributed by atoms with E-state index in [1.807, 2.05) is 12.1 Å². The standard InChI is InChI=1S/C11H15BrN4O/c12-10-2-1-9(7-14-10)15-8-3-5-16(6-4-8)11(13)17/h1-2,7-8,15H,3-6H2,(H2,13,17). The Kier molecular flexibility index (Phi) is 3.83. The van der Waals surface area contributed by atoms with Crippen LogP contribution in [-0.2, 0) is 0 Å². The van der Waals surface area contributed by atoms with Crippen molar-refractivity contribution < 1.29 is 4.79 Å². The average molecular weight is 299 g/mol. The van der Waals surface area contributed by atoms with Gasteiger partial charge in [0.25, 0.3) is 0 Å². The number of nitrogens with one attached hydrogen (secondary N) is 1. The second-order valence-electron chi connectivity index (χ2n) is 4.11. The van der Waals surface area contributed by atoms with Gasteiger partial charge in [-0.1, -0.05) is 0 Å². The van der Waals surface area contributed by atoms with Crippen LogP contribution >= 0.6 is 15.9 Å². The van der Waals surface area contributed by atoms with Crippen molar-refractivity contribution in [2.45, 2.75) is 18.9 Å². The number of nitrogens with two attached hydrogens (primary N) is 1. The first kappa shape index (κ1) is 12.2. The number of amides is 2. The Morgan fingerprint density at radius 3 is 2.71 bits per heavy atom. The Labute approximate surface area is 109 Å². The number of pyridine rings is 1. The van der Waals surface area contributed by atoms with Gasteiger partial charge in [-0.15, -0.1) is 0 Å². The predicted octanol–water partition coefficient (Wildman–Crippen LogP) is 1.80. The van der Waals surface area contributed by atoms with Crippen molar-refractivity contribution in [3.63, 3.8) is 0 Å². The Morgan fingerprint density at radius 2 is 2.18 bits per heavy atom. The van der Waals surface area contributed by atoms with Crippen LogP contribution in [0.3, 0.4) is 0 Å². The number of carbonyl (C=O) groups is 1. The van der Waals surface area contributed by atoms with E-state index < -0.39 is 0 Å². The summed E-state index contributed by atoms with van der Waals surface area (Å²) in [5.74, 6) is 0. The van der Waals surface area contributed by atoms with E-state index >= 15 is 0 Å². The number of hydrogen-bond donors (Lipinski definition) is 2. The average Bonchev–Trinajstić information content (AvgIpc) is 2.33. The summed E-state index contributed by atoms with van der Waals surface area (Å²) in [6.45, 7) is 1.44. The summed E-state index contributed by atoms with van der Waals surface area (Å²) < 4.78 is 0.826. The van der Waals surface area contributed by atoms with Gasteiger partial charge in [-0.2, -0.15) is 0 Å². The predicted molar refractivity (Wildman–Crippen MR) is 69.7 cm³/mol. The number of aromatic nitrogens is 1. The van der Waals surface area contributed by atoms with Crippen molar-refractivity contribution in [1.82, 2.24) is 9.88 Å². The van der Waals surface area contributed by atoms with E-state index in [9.17, 15) is 4.79 Å². The van der Waals surface area contributed by atoms with Gasteiger partial charge in [0.1, 0.15) is 4.60 Å². The molecule has 0 bridgehead atoms. The van der Waals surface area contributed by atoms with Gasteiger partial charge in [-0.05, 0) is 40.9 Å². The molecule has 0 unspecified atom stereocenters. The molecular formula is C11H15BrN4O. The zero-order valence-electron chi connectivity index (χ0n) is 9.40. The zero-order valence-corrected chi connectivity index (χ0v) is 11.0. The minimum absolute atomic E-state index is 0.325. The molecule has 2 amide bonds. The maximum atomic E-state index is 11.0. The number of rotatable bonds is 2. The molecule has 1 aromatic rings. The normalized spacial score (nSPS) is 16.9. The molecule has 2 rings (SSSR count). The van der Waals surface area contributed by atoms with Crippen LogP contribution in [-0.4, -0.2) is 35.0 Å². The molecular weight excluding hydrogens is 284 g/mol. The maximum Gasteiger partial charge on any atom is 0.314 e. The van der Waals surface area contributed by atoms with E-state index in [2.05, 4.69) is 26.2 Å². The van der Waals surface area contributed by atoms with Gasteiger partial charge < -0.3 is 16.0 Å². The van der Waals surface area contributed by atoms with Crippen molar-refractivity contribution in [3.05, 3.63) is 22.9 Å². The van der Waals surface area contributed by atoms with E-state index in [1.54, 1.807) is 11.1 Å². The number of urea groups is 1. The van der Waals surface area contributed by atoms with Crippen LogP contribution in [0.15, 0.2) is 22.9 Å². The Bertz CT molecular complexity index is 387. The quantitative estimate of drug-likeness (QED) is 0.818. The van der Waals surface area contributed by atoms with Gasteiger partial charge in [-0.3, -0.25) is 0 Å². The molecule has 0 atom stereocenters. The molecule has 17 heavy (non-hydrogen) atoms. The zero-order chi connectivity index (χ0) is 12.3.